The maximum absolute atomic E-state index is 13.9. The van der Waals surface area contributed by atoms with Crippen LogP contribution >= 0.6 is 0 Å². The van der Waals surface area contributed by atoms with Gasteiger partial charge in [0.25, 0.3) is 11.9 Å². The molecule has 0 aliphatic carbocycles. The van der Waals surface area contributed by atoms with Gasteiger partial charge in [-0.1, -0.05) is 5.16 Å². The van der Waals surface area contributed by atoms with Gasteiger partial charge in [-0.2, -0.15) is 0 Å². The van der Waals surface area contributed by atoms with Crippen LogP contribution in [0.5, 0.6) is 5.75 Å². The summed E-state index contributed by atoms with van der Waals surface area (Å²) in [6, 6.07) is 4.43. The van der Waals surface area contributed by atoms with Crippen molar-refractivity contribution in [1.82, 2.24) is 15.4 Å². The van der Waals surface area contributed by atoms with E-state index in [1.807, 2.05) is 19.0 Å². The van der Waals surface area contributed by atoms with E-state index in [4.69, 9.17) is 19.2 Å². The highest BCUT2D eigenvalue weighted by atomic mass is 19.1. The van der Waals surface area contributed by atoms with Gasteiger partial charge in [0.05, 0.1) is 7.11 Å². The molecule has 34 heavy (non-hydrogen) atoms. The number of aliphatic carboxylic acids is 1. The number of carbonyl (C=O) groups is 2. The number of piperidine rings is 2. The molecule has 0 unspecified atom stereocenters. The molecule has 1 amide bonds. The van der Waals surface area contributed by atoms with Crippen molar-refractivity contribution in [2.45, 2.75) is 32.6 Å². The third kappa shape index (κ3) is 5.67. The molecular formula is C24H33FN4O5. The van der Waals surface area contributed by atoms with E-state index in [9.17, 15) is 9.18 Å². The molecule has 4 rings (SSSR count). The fraction of sp³-hybridized carbons (Fsp3) is 0.542. The smallest absolute Gasteiger partial charge is 0.300 e. The lowest BCUT2D eigenvalue weighted by molar-refractivity contribution is -0.134. The highest BCUT2D eigenvalue weighted by Gasteiger charge is 2.40. The van der Waals surface area contributed by atoms with Crippen LogP contribution in [-0.4, -0.2) is 74.4 Å². The van der Waals surface area contributed by atoms with Crippen molar-refractivity contribution in [3.63, 3.8) is 0 Å². The van der Waals surface area contributed by atoms with Gasteiger partial charge in [0, 0.05) is 39.7 Å². The van der Waals surface area contributed by atoms with E-state index >= 15 is 0 Å². The first kappa shape index (κ1) is 25.5. The second-order valence-corrected chi connectivity index (χ2v) is 9.05. The molecule has 9 nitrogen and oxygen atoms in total. The maximum Gasteiger partial charge on any atom is 0.300 e. The van der Waals surface area contributed by atoms with E-state index in [0.29, 0.717) is 22.7 Å². The third-order valence-electron chi connectivity index (χ3n) is 6.34. The lowest BCUT2D eigenvalue weighted by Crippen LogP contribution is -2.50. The number of nitrogens with zero attached hydrogens (tertiary/aromatic N) is 3. The lowest BCUT2D eigenvalue weighted by atomic mass is 9.73. The predicted octanol–water partition coefficient (Wildman–Crippen LogP) is 3.25. The summed E-state index contributed by atoms with van der Waals surface area (Å²) in [6.07, 6.45) is 4.32. The number of anilines is 1. The first-order valence-corrected chi connectivity index (χ1v) is 11.4. The summed E-state index contributed by atoms with van der Waals surface area (Å²) in [6.45, 7) is 4.55. The number of methoxy groups -OCH3 is 1. The normalized spacial score (nSPS) is 17.0. The van der Waals surface area contributed by atoms with Crippen LogP contribution in [0, 0.1) is 11.2 Å². The van der Waals surface area contributed by atoms with Crippen LogP contribution in [0.15, 0.2) is 22.7 Å². The van der Waals surface area contributed by atoms with Crippen LogP contribution in [0.3, 0.4) is 0 Å². The number of carboxylic acids is 1. The molecule has 10 heteroatoms. The Balaban J connectivity index is 0.000000751. The molecule has 2 N–H and O–H groups in total. The van der Waals surface area contributed by atoms with Crippen molar-refractivity contribution in [2.75, 3.05) is 52.3 Å². The Hall–Kier alpha value is -3.14. The highest BCUT2D eigenvalue weighted by Crippen LogP contribution is 2.40. The molecule has 2 fully saturated rings. The summed E-state index contributed by atoms with van der Waals surface area (Å²) >= 11 is 0. The number of hydrogen-bond acceptors (Lipinski definition) is 7. The molecular weight excluding hydrogens is 443 g/mol. The van der Waals surface area contributed by atoms with Gasteiger partial charge in [-0.15, -0.1) is 0 Å². The van der Waals surface area contributed by atoms with Crippen molar-refractivity contribution in [3.8, 4) is 17.1 Å². The first-order valence-electron chi connectivity index (χ1n) is 11.4. The molecule has 2 aromatic rings. The SMILES string of the molecule is CC(=O)O.COc1cc(-c2onc(N(C)C)c2C(=O)N2CCCC3(CCNCC3)C2)ccc1F. The number of carboxylic acid groups (broad SMARTS) is 1. The summed E-state index contributed by atoms with van der Waals surface area (Å²) in [5.41, 5.74) is 1.17. The van der Waals surface area contributed by atoms with Crippen LogP contribution in [0.25, 0.3) is 11.3 Å². The van der Waals surface area contributed by atoms with Crippen LogP contribution in [0.4, 0.5) is 10.2 Å². The number of rotatable bonds is 4. The molecule has 2 aliphatic heterocycles. The quantitative estimate of drug-likeness (QED) is 0.692. The number of nitrogens with one attached hydrogen (secondary N) is 1. The average Bonchev–Trinajstić information content (AvgIpc) is 3.24. The molecule has 1 aromatic carbocycles. The zero-order valence-corrected chi connectivity index (χ0v) is 20.2. The number of likely N-dealkylation sites (tertiary alicyclic amines) is 1. The minimum Gasteiger partial charge on any atom is -0.494 e. The van der Waals surface area contributed by atoms with Crippen molar-refractivity contribution >= 4 is 17.7 Å². The molecule has 0 radical (unpaired) electrons. The third-order valence-corrected chi connectivity index (χ3v) is 6.34. The largest absolute Gasteiger partial charge is 0.494 e. The molecule has 0 atom stereocenters. The van der Waals surface area contributed by atoms with Gasteiger partial charge in [-0.3, -0.25) is 9.59 Å². The van der Waals surface area contributed by atoms with Gasteiger partial charge in [0.2, 0.25) is 0 Å². The lowest BCUT2D eigenvalue weighted by Gasteiger charge is -2.45. The predicted molar refractivity (Wildman–Crippen MR) is 126 cm³/mol. The molecule has 1 aromatic heterocycles. The van der Waals surface area contributed by atoms with E-state index < -0.39 is 11.8 Å². The topological polar surface area (TPSA) is 108 Å². The van der Waals surface area contributed by atoms with E-state index in [-0.39, 0.29) is 17.1 Å². The van der Waals surface area contributed by atoms with Crippen LogP contribution in [-0.2, 0) is 4.79 Å². The van der Waals surface area contributed by atoms with Gasteiger partial charge in [0.15, 0.2) is 23.1 Å². The number of amides is 1. The van der Waals surface area contributed by atoms with Crippen molar-refractivity contribution in [3.05, 3.63) is 29.6 Å². The second kappa shape index (κ2) is 10.9. The van der Waals surface area contributed by atoms with Crippen LogP contribution in [0.2, 0.25) is 0 Å². The van der Waals surface area contributed by atoms with Gasteiger partial charge in [-0.05, 0) is 62.4 Å². The number of halogens is 1. The van der Waals surface area contributed by atoms with Crippen LogP contribution in [0.1, 0.15) is 43.0 Å². The fourth-order valence-electron chi connectivity index (χ4n) is 4.68. The average molecular weight is 477 g/mol. The number of aromatic nitrogens is 1. The minimum absolute atomic E-state index is 0.0872. The van der Waals surface area contributed by atoms with Gasteiger partial charge in [-0.25, -0.2) is 4.39 Å². The van der Waals surface area contributed by atoms with Gasteiger partial charge in [0.1, 0.15) is 5.56 Å². The van der Waals surface area contributed by atoms with E-state index in [2.05, 4.69) is 10.5 Å². The minimum atomic E-state index is -0.833. The van der Waals surface area contributed by atoms with Crippen molar-refractivity contribution in [2.24, 2.45) is 5.41 Å². The van der Waals surface area contributed by atoms with Gasteiger partial charge >= 0.3 is 0 Å². The summed E-state index contributed by atoms with van der Waals surface area (Å²) in [7, 11) is 5.06. The Kier molecular flexibility index (Phi) is 8.14. The summed E-state index contributed by atoms with van der Waals surface area (Å²) in [4.78, 5) is 26.4. The fourth-order valence-corrected chi connectivity index (χ4v) is 4.68. The first-order chi connectivity index (χ1) is 16.2. The van der Waals surface area contributed by atoms with E-state index in [0.717, 1.165) is 58.8 Å². The Morgan fingerprint density at radius 3 is 2.56 bits per heavy atom. The van der Waals surface area contributed by atoms with Gasteiger partial charge < -0.3 is 29.5 Å². The molecule has 1 spiro atoms. The number of hydrogen-bond donors (Lipinski definition) is 2. The van der Waals surface area contributed by atoms with Crippen molar-refractivity contribution < 1.29 is 28.3 Å². The number of carbonyl (C=O) groups excluding carboxylic acids is 1. The monoisotopic (exact) mass is 476 g/mol. The Labute approximate surface area is 198 Å². The second-order valence-electron chi connectivity index (χ2n) is 9.05. The summed E-state index contributed by atoms with van der Waals surface area (Å²) in [5.74, 6) is -0.475. The molecule has 2 aliphatic rings. The zero-order chi connectivity index (χ0) is 24.9. The van der Waals surface area contributed by atoms with Crippen LogP contribution < -0.4 is 15.0 Å². The standard InChI is InChI=1S/C22H29FN4O3.C2H4O2/c1-26(2)20-18(19(30-25-20)15-5-6-16(23)17(13-15)29-3)21(28)27-12-4-7-22(14-27)8-10-24-11-9-22;1-2(3)4/h5-6,13,24H,4,7-12,14H2,1-3H3;1H3,(H,3,4). The Morgan fingerprint density at radius 1 is 1.26 bits per heavy atom. The molecule has 0 saturated carbocycles. The summed E-state index contributed by atoms with van der Waals surface area (Å²) < 4.78 is 24.6. The maximum atomic E-state index is 13.9. The number of ether oxygens (including phenoxy) is 1. The molecule has 0 bridgehead atoms. The summed E-state index contributed by atoms with van der Waals surface area (Å²) in [5, 5.41) is 15.0. The molecule has 186 valence electrons. The number of benzene rings is 1. The highest BCUT2D eigenvalue weighted by molar-refractivity contribution is 6.04. The Bertz CT molecular complexity index is 1010. The van der Waals surface area contributed by atoms with E-state index in [1.165, 1.54) is 19.2 Å². The Morgan fingerprint density at radius 2 is 1.94 bits per heavy atom. The van der Waals surface area contributed by atoms with Crippen molar-refractivity contribution in [1.29, 1.82) is 0 Å². The molecule has 3 heterocycles. The van der Waals surface area contributed by atoms with E-state index in [1.54, 1.807) is 11.0 Å². The molecule has 2 saturated heterocycles. The zero-order valence-electron chi connectivity index (χ0n) is 20.2.